The summed E-state index contributed by atoms with van der Waals surface area (Å²) < 4.78 is 6.10. The summed E-state index contributed by atoms with van der Waals surface area (Å²) in [6, 6.07) is -2.24. The van der Waals surface area contributed by atoms with Crippen LogP contribution in [-0.4, -0.2) is 106 Å². The van der Waals surface area contributed by atoms with E-state index < -0.39 is 108 Å². The van der Waals surface area contributed by atoms with Crippen LogP contribution in [-0.2, 0) is 49.5 Å². The average Bonchev–Trinajstić information content (AvgIpc) is 3.23. The lowest BCUT2D eigenvalue weighted by Gasteiger charge is -2.31. The number of amides is 7. The van der Waals surface area contributed by atoms with Crippen molar-refractivity contribution in [2.45, 2.75) is 187 Å². The van der Waals surface area contributed by atoms with E-state index in [2.05, 4.69) is 38.8 Å². The molecule has 0 unspecified atom stereocenters. The van der Waals surface area contributed by atoms with Crippen molar-refractivity contribution in [3.05, 3.63) is 29.8 Å². The summed E-state index contributed by atoms with van der Waals surface area (Å²) in [4.78, 5) is 108. The topological polar surface area (TPSA) is 284 Å². The predicted octanol–water partition coefficient (Wildman–Crippen LogP) is 2.06. The molecule has 10 atom stereocenters. The van der Waals surface area contributed by atoms with Gasteiger partial charge in [-0.15, -0.1) is 0 Å². The number of phenolic OH excluding ortho intramolecular Hbond substituents is 1. The molecule has 1 fully saturated rings. The molecule has 7 amide bonds. The smallest absolute Gasteiger partial charge is 0.329 e. The van der Waals surface area contributed by atoms with Gasteiger partial charge in [0, 0.05) is 12.8 Å². The molecule has 1 aliphatic rings. The fourth-order valence-electron chi connectivity index (χ4n) is 7.09. The number of hydrogen-bond donors (Lipinski definition) is 9. The van der Waals surface area contributed by atoms with Crippen molar-refractivity contribution in [1.29, 1.82) is 0 Å². The maximum atomic E-state index is 14.3. The third kappa shape index (κ3) is 19.3. The van der Waals surface area contributed by atoms with Gasteiger partial charge in [0.1, 0.15) is 48.1 Å². The number of carbonyl (C=O) groups is 8. The number of rotatable bonds is 18. The number of carbonyl (C=O) groups excluding carboxylic acids is 8. The Balaban J connectivity index is 2.61. The Labute approximate surface area is 371 Å². The molecule has 0 saturated carbocycles. The summed E-state index contributed by atoms with van der Waals surface area (Å²) in [6.07, 6.45) is 5.99. The first-order valence-electron chi connectivity index (χ1n) is 22.5. The number of primary amides is 1. The lowest BCUT2D eigenvalue weighted by Crippen LogP contribution is -2.60. The van der Waals surface area contributed by atoms with Crippen molar-refractivity contribution in [3.8, 4) is 5.75 Å². The number of phenols is 1. The molecule has 0 bridgehead atoms. The van der Waals surface area contributed by atoms with E-state index >= 15 is 0 Å². The maximum Gasteiger partial charge on any atom is 0.329 e. The number of esters is 1. The second kappa shape index (κ2) is 27.7. The molecule has 0 spiro atoms. The van der Waals surface area contributed by atoms with Gasteiger partial charge in [-0.1, -0.05) is 97.6 Å². The highest BCUT2D eigenvalue weighted by Gasteiger charge is 2.37. The Morgan fingerprint density at radius 3 is 1.81 bits per heavy atom. The normalized spacial score (nSPS) is 25.3. The van der Waals surface area contributed by atoms with Crippen LogP contribution in [0.25, 0.3) is 0 Å². The van der Waals surface area contributed by atoms with Crippen LogP contribution in [0.3, 0.4) is 0 Å². The molecule has 1 saturated heterocycles. The van der Waals surface area contributed by atoms with Crippen LogP contribution >= 0.6 is 0 Å². The summed E-state index contributed by atoms with van der Waals surface area (Å²) in [6.45, 7) is 11.5. The first-order chi connectivity index (χ1) is 29.8. The molecule has 18 heteroatoms. The zero-order valence-electron chi connectivity index (χ0n) is 38.1. The van der Waals surface area contributed by atoms with Crippen LogP contribution in [0.2, 0.25) is 0 Å². The highest BCUT2D eigenvalue weighted by atomic mass is 16.5. The van der Waals surface area contributed by atoms with E-state index in [0.29, 0.717) is 18.4 Å². The molecule has 0 aliphatic carbocycles. The number of aliphatic hydroxyl groups is 1. The molecule has 1 aliphatic heterocycles. The molecule has 0 aromatic heterocycles. The predicted molar refractivity (Wildman–Crippen MR) is 235 cm³/mol. The van der Waals surface area contributed by atoms with E-state index in [0.717, 1.165) is 38.5 Å². The van der Waals surface area contributed by atoms with Crippen molar-refractivity contribution in [1.82, 2.24) is 31.9 Å². The number of hydrogen-bond acceptors (Lipinski definition) is 11. The molecular weight excluding hydrogens is 815 g/mol. The first-order valence-corrected chi connectivity index (χ1v) is 22.5. The molecule has 1 aromatic rings. The second-order valence-electron chi connectivity index (χ2n) is 17.0. The lowest BCUT2D eigenvalue weighted by atomic mass is 9.93. The van der Waals surface area contributed by atoms with Crippen molar-refractivity contribution < 1.29 is 53.3 Å². The minimum absolute atomic E-state index is 0.0390. The number of nitrogens with one attached hydrogen (secondary N) is 6. The van der Waals surface area contributed by atoms with Gasteiger partial charge in [-0.3, -0.25) is 33.6 Å². The van der Waals surface area contributed by atoms with Gasteiger partial charge in [0.05, 0.1) is 12.5 Å². The van der Waals surface area contributed by atoms with Crippen LogP contribution < -0.4 is 37.6 Å². The molecule has 10 N–H and O–H groups in total. The van der Waals surface area contributed by atoms with E-state index in [9.17, 15) is 48.6 Å². The van der Waals surface area contributed by atoms with E-state index in [-0.39, 0.29) is 30.9 Å². The fourth-order valence-corrected chi connectivity index (χ4v) is 7.09. The molecule has 1 heterocycles. The zero-order chi connectivity index (χ0) is 47.2. The quantitative estimate of drug-likeness (QED) is 0.0760. The van der Waals surface area contributed by atoms with E-state index in [1.165, 1.54) is 45.7 Å². The standard InChI is InChI=1S/C45H73N7O11/c1-8-10-11-12-13-14-15-16-17-27(4)35-25-37(56)51-39(30(7)53)44(61)48-28(5)40(57)47-29(6)41(58)49-33(22-23-36(46)55)42(59)50-34(24-31-18-20-32(54)21-19-31)43(60)52-38(26(3)9-2)45(62)63-35/h18-21,26-30,33-35,38-39,53-54H,8-17,22-25H2,1-7H3,(H2,46,55)(H,47,57)(H,48,61)(H,49,58)(H,50,59)(H,51,56)(H,52,60)/t26-,27-,28+,29-,30-,33+,34-,35+,38-,39-/m1/s1. The molecule has 354 valence electrons. The number of nitrogens with two attached hydrogens (primary N) is 1. The Bertz CT molecular complexity index is 1670. The van der Waals surface area contributed by atoms with Crippen molar-refractivity contribution in [2.75, 3.05) is 0 Å². The highest BCUT2D eigenvalue weighted by molar-refractivity contribution is 5.97. The summed E-state index contributed by atoms with van der Waals surface area (Å²) >= 11 is 0. The van der Waals surface area contributed by atoms with Crippen molar-refractivity contribution >= 4 is 47.3 Å². The Kier molecular flexibility index (Phi) is 23.7. The summed E-state index contributed by atoms with van der Waals surface area (Å²) in [5, 5.41) is 35.8. The average molecular weight is 888 g/mol. The van der Waals surface area contributed by atoms with Crippen LogP contribution in [0.5, 0.6) is 5.75 Å². The number of unbranched alkanes of at least 4 members (excludes halogenated alkanes) is 7. The largest absolute Gasteiger partial charge is 0.508 e. The minimum Gasteiger partial charge on any atom is -0.508 e. The fraction of sp³-hybridized carbons (Fsp3) is 0.689. The van der Waals surface area contributed by atoms with Crippen molar-refractivity contribution in [3.63, 3.8) is 0 Å². The SMILES string of the molecule is CCCCCCCCCC[C@@H](C)[C@@H]1CC(=O)N[C@H]([C@@H](C)O)C(=O)N[C@@H](C)C(=O)N[C@H](C)C(=O)N[C@@H](CCC(N)=O)C(=O)N[C@H](Cc2ccc(O)cc2)C(=O)N[C@H]([C@H](C)CC)C(=O)O1. The monoisotopic (exact) mass is 888 g/mol. The van der Waals surface area contributed by atoms with E-state index in [4.69, 9.17) is 10.5 Å². The lowest BCUT2D eigenvalue weighted by molar-refractivity contribution is -0.159. The molecular formula is C45H73N7O11. The van der Waals surface area contributed by atoms with Gasteiger partial charge >= 0.3 is 5.97 Å². The molecule has 63 heavy (non-hydrogen) atoms. The third-order valence-electron chi connectivity index (χ3n) is 11.5. The second-order valence-corrected chi connectivity index (χ2v) is 17.0. The van der Waals surface area contributed by atoms with Gasteiger partial charge in [0.2, 0.25) is 41.4 Å². The Morgan fingerprint density at radius 1 is 0.698 bits per heavy atom. The number of cyclic esters (lactones) is 1. The number of ether oxygens (including phenoxy) is 1. The van der Waals surface area contributed by atoms with Crippen LogP contribution in [0.15, 0.2) is 24.3 Å². The Hall–Kier alpha value is -5.26. The van der Waals surface area contributed by atoms with Gasteiger partial charge in [-0.25, -0.2) is 4.79 Å². The van der Waals surface area contributed by atoms with Gasteiger partial charge in [0.15, 0.2) is 0 Å². The van der Waals surface area contributed by atoms with Crippen LogP contribution in [0.4, 0.5) is 0 Å². The zero-order valence-corrected chi connectivity index (χ0v) is 38.1. The summed E-state index contributed by atoms with van der Waals surface area (Å²) in [5.74, 6) is -7.44. The number of aliphatic hydroxyl groups excluding tert-OH is 1. The Morgan fingerprint density at radius 2 is 1.24 bits per heavy atom. The summed E-state index contributed by atoms with van der Waals surface area (Å²) in [7, 11) is 0. The van der Waals surface area contributed by atoms with Crippen LogP contribution in [0.1, 0.15) is 138 Å². The highest BCUT2D eigenvalue weighted by Crippen LogP contribution is 2.23. The van der Waals surface area contributed by atoms with Gasteiger partial charge in [-0.2, -0.15) is 0 Å². The number of aromatic hydroxyl groups is 1. The minimum atomic E-state index is -1.52. The maximum absolute atomic E-state index is 14.3. The van der Waals surface area contributed by atoms with Gasteiger partial charge < -0.3 is 52.6 Å². The first kappa shape index (κ1) is 53.9. The van der Waals surface area contributed by atoms with E-state index in [1.54, 1.807) is 19.1 Å². The van der Waals surface area contributed by atoms with Gasteiger partial charge in [0.25, 0.3) is 0 Å². The van der Waals surface area contributed by atoms with Gasteiger partial charge in [-0.05, 0) is 63.1 Å². The van der Waals surface area contributed by atoms with Crippen LogP contribution in [0, 0.1) is 11.8 Å². The number of benzene rings is 1. The third-order valence-corrected chi connectivity index (χ3v) is 11.5. The molecule has 1 aromatic carbocycles. The van der Waals surface area contributed by atoms with E-state index in [1.807, 2.05) is 13.8 Å². The van der Waals surface area contributed by atoms with Crippen molar-refractivity contribution in [2.24, 2.45) is 17.6 Å². The molecule has 18 nitrogen and oxygen atoms in total. The molecule has 2 rings (SSSR count). The molecule has 0 radical (unpaired) electrons. The summed E-state index contributed by atoms with van der Waals surface area (Å²) in [5.41, 5.74) is 5.90.